The van der Waals surface area contributed by atoms with Crippen molar-refractivity contribution in [2.24, 2.45) is 17.8 Å². The van der Waals surface area contributed by atoms with Crippen LogP contribution >= 0.6 is 0 Å². The van der Waals surface area contributed by atoms with E-state index in [0.717, 1.165) is 30.9 Å². The second-order valence-electron chi connectivity index (χ2n) is 6.43. The van der Waals surface area contributed by atoms with Gasteiger partial charge in [0.2, 0.25) is 5.91 Å². The third kappa shape index (κ3) is 2.36. The largest absolute Gasteiger partial charge is 0.325 e. The summed E-state index contributed by atoms with van der Waals surface area (Å²) in [7, 11) is 0. The molecule has 2 nitrogen and oxygen atoms in total. The summed E-state index contributed by atoms with van der Waals surface area (Å²) >= 11 is 0. The highest BCUT2D eigenvalue weighted by atomic mass is 16.1. The van der Waals surface area contributed by atoms with Crippen molar-refractivity contribution in [1.29, 1.82) is 0 Å². The lowest BCUT2D eigenvalue weighted by Crippen LogP contribution is -2.28. The zero-order chi connectivity index (χ0) is 14.1. The number of para-hydroxylation sites is 1. The van der Waals surface area contributed by atoms with E-state index >= 15 is 0 Å². The molecule has 0 saturated heterocycles. The van der Waals surface area contributed by atoms with Gasteiger partial charge in [0.1, 0.15) is 0 Å². The van der Waals surface area contributed by atoms with Gasteiger partial charge in [-0.1, -0.05) is 38.5 Å². The second-order valence-corrected chi connectivity index (χ2v) is 6.43. The quantitative estimate of drug-likeness (QED) is 0.874. The van der Waals surface area contributed by atoms with E-state index in [1.165, 1.54) is 30.4 Å². The first-order valence-electron chi connectivity index (χ1n) is 8.14. The molecule has 20 heavy (non-hydrogen) atoms. The number of carbonyl (C=O) groups excluding carboxylic acids is 1. The molecule has 0 spiro atoms. The summed E-state index contributed by atoms with van der Waals surface area (Å²) in [6.45, 7) is 4.31. The lowest BCUT2D eigenvalue weighted by atomic mass is 9.88. The maximum Gasteiger partial charge on any atom is 0.227 e. The Morgan fingerprint density at radius 2 is 1.85 bits per heavy atom. The smallest absolute Gasteiger partial charge is 0.227 e. The van der Waals surface area contributed by atoms with Crippen molar-refractivity contribution in [3.8, 4) is 0 Å². The average molecular weight is 271 g/mol. The molecule has 3 unspecified atom stereocenters. The predicted molar refractivity (Wildman–Crippen MR) is 82.8 cm³/mol. The van der Waals surface area contributed by atoms with E-state index in [0.29, 0.717) is 5.92 Å². The van der Waals surface area contributed by atoms with E-state index in [2.05, 4.69) is 37.4 Å². The molecule has 2 fully saturated rings. The first-order valence-corrected chi connectivity index (χ1v) is 8.14. The van der Waals surface area contributed by atoms with Crippen LogP contribution in [0, 0.1) is 17.8 Å². The van der Waals surface area contributed by atoms with E-state index in [4.69, 9.17) is 0 Å². The van der Waals surface area contributed by atoms with Gasteiger partial charge in [-0.25, -0.2) is 0 Å². The standard InChI is InChI=1S/C18H25NO/c1-3-13-6-5-7-14(4-2)17(13)19-18(20)16-11-12-8-9-15(16)10-12/h5-7,12,15-16H,3-4,8-11H2,1-2H3,(H,19,20). The van der Waals surface area contributed by atoms with Gasteiger partial charge >= 0.3 is 0 Å². The molecule has 3 atom stereocenters. The topological polar surface area (TPSA) is 29.1 Å². The zero-order valence-electron chi connectivity index (χ0n) is 12.6. The minimum Gasteiger partial charge on any atom is -0.325 e. The Morgan fingerprint density at radius 3 is 2.35 bits per heavy atom. The van der Waals surface area contributed by atoms with Crippen molar-refractivity contribution in [1.82, 2.24) is 0 Å². The van der Waals surface area contributed by atoms with E-state index in [1.54, 1.807) is 0 Å². The van der Waals surface area contributed by atoms with Gasteiger partial charge in [-0.15, -0.1) is 0 Å². The van der Waals surface area contributed by atoms with Crippen LogP contribution in [0.3, 0.4) is 0 Å². The average Bonchev–Trinajstić information content (AvgIpc) is 3.10. The van der Waals surface area contributed by atoms with Crippen molar-refractivity contribution in [3.05, 3.63) is 29.3 Å². The second kappa shape index (κ2) is 5.59. The lowest BCUT2D eigenvalue weighted by Gasteiger charge is -2.22. The minimum absolute atomic E-state index is 0.267. The fourth-order valence-corrected chi connectivity index (χ4v) is 4.18. The highest BCUT2D eigenvalue weighted by molar-refractivity contribution is 5.94. The third-order valence-electron chi connectivity index (χ3n) is 5.32. The number of amides is 1. The van der Waals surface area contributed by atoms with Crippen molar-refractivity contribution in [3.63, 3.8) is 0 Å². The van der Waals surface area contributed by atoms with E-state index in [-0.39, 0.29) is 11.8 Å². The number of carbonyl (C=O) groups is 1. The number of aryl methyl sites for hydroxylation is 2. The van der Waals surface area contributed by atoms with Gasteiger partial charge in [-0.05, 0) is 55.1 Å². The number of anilines is 1. The van der Waals surface area contributed by atoms with Crippen molar-refractivity contribution >= 4 is 11.6 Å². The fourth-order valence-electron chi connectivity index (χ4n) is 4.18. The van der Waals surface area contributed by atoms with Crippen LogP contribution in [-0.2, 0) is 17.6 Å². The number of hydrogen-bond acceptors (Lipinski definition) is 1. The molecule has 1 N–H and O–H groups in total. The van der Waals surface area contributed by atoms with Crippen LogP contribution in [0.1, 0.15) is 50.7 Å². The van der Waals surface area contributed by atoms with Gasteiger partial charge in [-0.3, -0.25) is 4.79 Å². The van der Waals surface area contributed by atoms with Gasteiger partial charge in [0.05, 0.1) is 0 Å². The first kappa shape index (κ1) is 13.7. The van der Waals surface area contributed by atoms with Gasteiger partial charge in [0, 0.05) is 11.6 Å². The SMILES string of the molecule is CCc1cccc(CC)c1NC(=O)C1CC2CCC1C2. The summed E-state index contributed by atoms with van der Waals surface area (Å²) in [6.07, 6.45) is 6.96. The molecule has 2 saturated carbocycles. The molecule has 2 heteroatoms. The molecule has 0 radical (unpaired) electrons. The summed E-state index contributed by atoms with van der Waals surface area (Å²) in [5.41, 5.74) is 3.62. The highest BCUT2D eigenvalue weighted by Crippen LogP contribution is 2.48. The van der Waals surface area contributed by atoms with Crippen LogP contribution in [0.15, 0.2) is 18.2 Å². The molecule has 2 aliphatic carbocycles. The molecule has 1 amide bonds. The maximum absolute atomic E-state index is 12.6. The summed E-state index contributed by atoms with van der Waals surface area (Å²) in [5.74, 6) is 2.01. The van der Waals surface area contributed by atoms with Crippen LogP contribution in [0.2, 0.25) is 0 Å². The maximum atomic E-state index is 12.6. The summed E-state index contributed by atoms with van der Waals surface area (Å²) in [5, 5.41) is 3.27. The van der Waals surface area contributed by atoms with Gasteiger partial charge in [-0.2, -0.15) is 0 Å². The van der Waals surface area contributed by atoms with E-state index in [9.17, 15) is 4.79 Å². The van der Waals surface area contributed by atoms with Crippen LogP contribution in [0.5, 0.6) is 0 Å². The van der Waals surface area contributed by atoms with Gasteiger partial charge < -0.3 is 5.32 Å². The fraction of sp³-hybridized carbons (Fsp3) is 0.611. The highest BCUT2D eigenvalue weighted by Gasteiger charge is 2.43. The molecule has 108 valence electrons. The lowest BCUT2D eigenvalue weighted by molar-refractivity contribution is -0.121. The number of fused-ring (bicyclic) bond motifs is 2. The molecule has 2 bridgehead atoms. The molecule has 1 aromatic carbocycles. The van der Waals surface area contributed by atoms with Crippen LogP contribution in [-0.4, -0.2) is 5.91 Å². The molecular formula is C18H25NO. The Kier molecular flexibility index (Phi) is 3.82. The first-order chi connectivity index (χ1) is 9.72. The van der Waals surface area contributed by atoms with Gasteiger partial charge in [0.15, 0.2) is 0 Å². The predicted octanol–water partition coefficient (Wildman–Crippen LogP) is 4.19. The molecule has 0 heterocycles. The van der Waals surface area contributed by atoms with Crippen molar-refractivity contribution < 1.29 is 4.79 Å². The van der Waals surface area contributed by atoms with Crippen LogP contribution < -0.4 is 5.32 Å². The normalized spacial score (nSPS) is 27.8. The molecule has 0 aliphatic heterocycles. The monoisotopic (exact) mass is 271 g/mol. The molecule has 3 rings (SSSR count). The Balaban J connectivity index is 1.79. The molecule has 1 aromatic rings. The molecule has 0 aromatic heterocycles. The number of benzene rings is 1. The minimum atomic E-state index is 0.267. The summed E-state index contributed by atoms with van der Waals surface area (Å²) in [4.78, 5) is 12.6. The molecular weight excluding hydrogens is 246 g/mol. The molecule has 2 aliphatic rings. The summed E-state index contributed by atoms with van der Waals surface area (Å²) in [6, 6.07) is 6.37. The van der Waals surface area contributed by atoms with E-state index in [1.807, 2.05) is 0 Å². The number of rotatable bonds is 4. The summed E-state index contributed by atoms with van der Waals surface area (Å²) < 4.78 is 0. The Bertz CT molecular complexity index is 486. The Labute approximate surface area is 122 Å². The third-order valence-corrected chi connectivity index (χ3v) is 5.32. The van der Waals surface area contributed by atoms with Crippen LogP contribution in [0.4, 0.5) is 5.69 Å². The van der Waals surface area contributed by atoms with E-state index < -0.39 is 0 Å². The number of hydrogen-bond donors (Lipinski definition) is 1. The van der Waals surface area contributed by atoms with Gasteiger partial charge in [0.25, 0.3) is 0 Å². The van der Waals surface area contributed by atoms with Crippen molar-refractivity contribution in [2.45, 2.75) is 52.4 Å². The van der Waals surface area contributed by atoms with Crippen molar-refractivity contribution in [2.75, 3.05) is 5.32 Å². The Morgan fingerprint density at radius 1 is 1.15 bits per heavy atom. The Hall–Kier alpha value is -1.31. The van der Waals surface area contributed by atoms with Crippen LogP contribution in [0.25, 0.3) is 0 Å². The zero-order valence-corrected chi connectivity index (χ0v) is 12.6. The number of nitrogens with one attached hydrogen (secondary N) is 1.